The molecule has 6 heteroatoms. The summed E-state index contributed by atoms with van der Waals surface area (Å²) in [7, 11) is 2.16. The van der Waals surface area contributed by atoms with Crippen LogP contribution >= 0.6 is 0 Å². The second kappa shape index (κ2) is 9.85. The molecule has 2 aromatic carbocycles. The highest BCUT2D eigenvalue weighted by Crippen LogP contribution is 2.29. The maximum absolute atomic E-state index is 6.13. The number of aryl methyl sites for hydroxylation is 1. The van der Waals surface area contributed by atoms with E-state index in [0.29, 0.717) is 5.95 Å². The molecule has 2 N–H and O–H groups in total. The first kappa shape index (κ1) is 22.4. The summed E-state index contributed by atoms with van der Waals surface area (Å²) in [6, 6.07) is 19.4. The molecular formula is C28H34N6. The third-order valence-electron chi connectivity index (χ3n) is 7.06. The molecule has 0 unspecified atom stereocenters. The van der Waals surface area contributed by atoms with E-state index in [4.69, 9.17) is 5.73 Å². The highest BCUT2D eigenvalue weighted by atomic mass is 15.3. The number of rotatable bonds is 6. The van der Waals surface area contributed by atoms with Crippen molar-refractivity contribution in [1.29, 1.82) is 0 Å². The van der Waals surface area contributed by atoms with E-state index in [1.165, 1.54) is 22.4 Å². The number of anilines is 2. The van der Waals surface area contributed by atoms with E-state index in [1.54, 1.807) is 0 Å². The van der Waals surface area contributed by atoms with Crippen molar-refractivity contribution in [1.82, 2.24) is 19.8 Å². The molecule has 0 saturated carbocycles. The van der Waals surface area contributed by atoms with Crippen molar-refractivity contribution in [2.45, 2.75) is 25.8 Å². The van der Waals surface area contributed by atoms with Crippen LogP contribution in [0.2, 0.25) is 0 Å². The van der Waals surface area contributed by atoms with E-state index >= 15 is 0 Å². The van der Waals surface area contributed by atoms with Gasteiger partial charge in [0.2, 0.25) is 5.95 Å². The van der Waals surface area contributed by atoms with Crippen LogP contribution in [0, 0.1) is 0 Å². The fraction of sp³-hybridized carbons (Fsp3) is 0.357. The number of fused-ring (bicyclic) bond motifs is 1. The number of nitrogen functional groups attached to an aromatic ring is 1. The number of allylic oxidation sites excluding steroid dienone is 1. The number of hydrogen-bond acceptors (Lipinski definition) is 6. The molecule has 0 atom stereocenters. The summed E-state index contributed by atoms with van der Waals surface area (Å²) >= 11 is 0. The Morgan fingerprint density at radius 3 is 2.53 bits per heavy atom. The van der Waals surface area contributed by atoms with Gasteiger partial charge in [0.15, 0.2) is 0 Å². The molecule has 176 valence electrons. The fourth-order valence-corrected chi connectivity index (χ4v) is 4.88. The van der Waals surface area contributed by atoms with Crippen LogP contribution in [0.1, 0.15) is 23.1 Å². The van der Waals surface area contributed by atoms with E-state index in [0.717, 1.165) is 75.6 Å². The van der Waals surface area contributed by atoms with E-state index < -0.39 is 0 Å². The minimum absolute atomic E-state index is 0.333. The predicted octanol–water partition coefficient (Wildman–Crippen LogP) is 3.98. The summed E-state index contributed by atoms with van der Waals surface area (Å²) in [6.45, 7) is 10.3. The van der Waals surface area contributed by atoms with Gasteiger partial charge >= 0.3 is 0 Å². The Hall–Kier alpha value is -3.38. The standard InChI is InChI=1S/C28H34N6/c1-21(8-9-22-6-4-3-5-7-22)34-13-12-23-10-11-24(18-25(23)20-34)26-19-27(31-28(29)30-26)33-16-14-32(2)15-17-33/h3-7,10-11,18-19H,1,8-9,12-17,20H2,2H3,(H2,29,30,31). The highest BCUT2D eigenvalue weighted by molar-refractivity contribution is 5.66. The van der Waals surface area contributed by atoms with Gasteiger partial charge in [0, 0.05) is 56.6 Å². The molecule has 1 aromatic heterocycles. The fourth-order valence-electron chi connectivity index (χ4n) is 4.88. The lowest BCUT2D eigenvalue weighted by atomic mass is 9.95. The van der Waals surface area contributed by atoms with Crippen LogP contribution in [0.25, 0.3) is 11.3 Å². The van der Waals surface area contributed by atoms with Crippen molar-refractivity contribution in [3.05, 3.63) is 83.6 Å². The zero-order valence-electron chi connectivity index (χ0n) is 20.1. The van der Waals surface area contributed by atoms with Gasteiger partial charge < -0.3 is 20.4 Å². The first-order valence-electron chi connectivity index (χ1n) is 12.2. The second-order valence-electron chi connectivity index (χ2n) is 9.47. The summed E-state index contributed by atoms with van der Waals surface area (Å²) in [5.41, 5.74) is 13.5. The summed E-state index contributed by atoms with van der Waals surface area (Å²) in [4.78, 5) is 16.2. The first-order valence-corrected chi connectivity index (χ1v) is 12.2. The van der Waals surface area contributed by atoms with Crippen LogP contribution in [-0.2, 0) is 19.4 Å². The van der Waals surface area contributed by atoms with Gasteiger partial charge in [0.1, 0.15) is 5.82 Å². The molecule has 0 aliphatic carbocycles. The van der Waals surface area contributed by atoms with E-state index in [2.05, 4.69) is 92.9 Å². The number of benzene rings is 2. The molecule has 0 spiro atoms. The van der Waals surface area contributed by atoms with E-state index in [9.17, 15) is 0 Å². The van der Waals surface area contributed by atoms with Gasteiger partial charge in [-0.2, -0.15) is 4.98 Å². The summed E-state index contributed by atoms with van der Waals surface area (Å²) < 4.78 is 0. The normalized spacial score (nSPS) is 16.4. The van der Waals surface area contributed by atoms with Crippen molar-refractivity contribution in [3.63, 3.8) is 0 Å². The van der Waals surface area contributed by atoms with Crippen LogP contribution < -0.4 is 10.6 Å². The van der Waals surface area contributed by atoms with Gasteiger partial charge in [-0.05, 0) is 49.1 Å². The molecule has 0 radical (unpaired) electrons. The van der Waals surface area contributed by atoms with Crippen molar-refractivity contribution in [2.24, 2.45) is 0 Å². The lowest BCUT2D eigenvalue weighted by molar-refractivity contribution is 0.312. The maximum atomic E-state index is 6.13. The van der Waals surface area contributed by atoms with Crippen molar-refractivity contribution in [3.8, 4) is 11.3 Å². The zero-order valence-corrected chi connectivity index (χ0v) is 20.1. The molecule has 2 aliphatic rings. The Bertz CT molecular complexity index is 1150. The minimum Gasteiger partial charge on any atom is -0.371 e. The Morgan fingerprint density at radius 2 is 1.74 bits per heavy atom. The lowest BCUT2D eigenvalue weighted by Crippen LogP contribution is -2.44. The second-order valence-corrected chi connectivity index (χ2v) is 9.47. The summed E-state index contributed by atoms with van der Waals surface area (Å²) in [5, 5.41) is 0. The Morgan fingerprint density at radius 1 is 0.941 bits per heavy atom. The van der Waals surface area contributed by atoms with Crippen molar-refractivity contribution >= 4 is 11.8 Å². The van der Waals surface area contributed by atoms with Gasteiger partial charge in [-0.15, -0.1) is 0 Å². The van der Waals surface area contributed by atoms with Crippen LogP contribution in [0.4, 0.5) is 11.8 Å². The number of nitrogens with zero attached hydrogens (tertiary/aromatic N) is 5. The highest BCUT2D eigenvalue weighted by Gasteiger charge is 2.20. The van der Waals surface area contributed by atoms with E-state index in [1.807, 2.05) is 0 Å². The smallest absolute Gasteiger partial charge is 0.222 e. The molecule has 3 aromatic rings. The number of piperazine rings is 1. The average molecular weight is 455 g/mol. The third-order valence-corrected chi connectivity index (χ3v) is 7.06. The molecule has 0 bridgehead atoms. The quantitative estimate of drug-likeness (QED) is 0.608. The molecule has 1 saturated heterocycles. The Kier molecular flexibility index (Phi) is 6.50. The summed E-state index contributed by atoms with van der Waals surface area (Å²) in [6.07, 6.45) is 3.05. The minimum atomic E-state index is 0.333. The van der Waals surface area contributed by atoms with Crippen molar-refractivity contribution < 1.29 is 0 Å². The average Bonchev–Trinajstić information content (AvgIpc) is 2.87. The molecule has 5 rings (SSSR count). The molecule has 6 nitrogen and oxygen atoms in total. The van der Waals surface area contributed by atoms with E-state index in [-0.39, 0.29) is 0 Å². The largest absolute Gasteiger partial charge is 0.371 e. The van der Waals surface area contributed by atoms with Crippen LogP contribution in [0.5, 0.6) is 0 Å². The van der Waals surface area contributed by atoms with Crippen LogP contribution in [-0.4, -0.2) is 59.5 Å². The Balaban J connectivity index is 1.31. The topological polar surface area (TPSA) is 61.5 Å². The van der Waals surface area contributed by atoms with Crippen molar-refractivity contribution in [2.75, 3.05) is 50.4 Å². The number of aromatic nitrogens is 2. The maximum Gasteiger partial charge on any atom is 0.222 e. The molecular weight excluding hydrogens is 420 g/mol. The molecule has 34 heavy (non-hydrogen) atoms. The number of hydrogen-bond donors (Lipinski definition) is 1. The lowest BCUT2D eigenvalue weighted by Gasteiger charge is -2.33. The SMILES string of the molecule is C=C(CCc1ccccc1)N1CCc2ccc(-c3cc(N4CCN(C)CC4)nc(N)n3)cc2C1. The van der Waals surface area contributed by atoms with Crippen LogP contribution in [0.15, 0.2) is 66.9 Å². The summed E-state index contributed by atoms with van der Waals surface area (Å²) in [5.74, 6) is 1.25. The first-order chi connectivity index (χ1) is 16.5. The van der Waals surface area contributed by atoms with Gasteiger partial charge in [0.25, 0.3) is 0 Å². The van der Waals surface area contributed by atoms with Gasteiger partial charge in [0.05, 0.1) is 5.69 Å². The number of likely N-dealkylation sites (N-methyl/N-ethyl adjacent to an activating group) is 1. The molecule has 2 aliphatic heterocycles. The molecule has 3 heterocycles. The number of nitrogens with two attached hydrogens (primary N) is 1. The van der Waals surface area contributed by atoms with Gasteiger partial charge in [-0.1, -0.05) is 49.0 Å². The third kappa shape index (κ3) is 5.07. The molecule has 1 fully saturated rings. The zero-order chi connectivity index (χ0) is 23.5. The van der Waals surface area contributed by atoms with Crippen LogP contribution in [0.3, 0.4) is 0 Å². The molecule has 0 amide bonds. The van der Waals surface area contributed by atoms with Gasteiger partial charge in [-0.25, -0.2) is 4.98 Å². The monoisotopic (exact) mass is 454 g/mol. The Labute approximate surface area is 202 Å². The predicted molar refractivity (Wildman–Crippen MR) is 140 cm³/mol. The van der Waals surface area contributed by atoms with Gasteiger partial charge in [-0.3, -0.25) is 0 Å².